The summed E-state index contributed by atoms with van der Waals surface area (Å²) in [6.45, 7) is 0. The monoisotopic (exact) mass is 434 g/mol. The van der Waals surface area contributed by atoms with Crippen LogP contribution in [0.4, 0.5) is 0 Å². The smallest absolute Gasteiger partial charge is 0.354 e. The Labute approximate surface area is 149 Å². The lowest BCUT2D eigenvalue weighted by Gasteiger charge is -2.06. The molecule has 4 aromatic rings. The highest BCUT2D eigenvalue weighted by atomic mass is 127. The molecule has 0 aliphatic carbocycles. The predicted molar refractivity (Wildman–Crippen MR) is 103 cm³/mol. The first kappa shape index (κ1) is 14.7. The number of benzene rings is 2. The van der Waals surface area contributed by atoms with Gasteiger partial charge in [0.05, 0.1) is 10.7 Å². The Bertz CT molecular complexity index is 1080. The molecule has 0 atom stereocenters. The molecule has 5 heteroatoms. The van der Waals surface area contributed by atoms with Crippen molar-refractivity contribution in [3.8, 4) is 17.1 Å². The lowest BCUT2D eigenvalue weighted by Crippen LogP contribution is -2.00. The van der Waals surface area contributed by atoms with Crippen molar-refractivity contribution in [1.82, 2.24) is 0 Å². The zero-order valence-electron chi connectivity index (χ0n) is 12.1. The molecule has 0 unspecified atom stereocenters. The average molecular weight is 434 g/mol. The van der Waals surface area contributed by atoms with Crippen molar-refractivity contribution >= 4 is 54.1 Å². The van der Waals surface area contributed by atoms with Gasteiger partial charge in [-0.15, -0.1) is 11.3 Å². The van der Waals surface area contributed by atoms with Crippen LogP contribution in [0.5, 0.6) is 5.75 Å². The fourth-order valence-electron chi connectivity index (χ4n) is 2.63. The van der Waals surface area contributed by atoms with Crippen LogP contribution in [-0.4, -0.2) is 7.11 Å². The van der Waals surface area contributed by atoms with Crippen molar-refractivity contribution in [2.45, 2.75) is 0 Å². The number of ether oxygens (including phenoxy) is 1. The van der Waals surface area contributed by atoms with Gasteiger partial charge in [0.25, 0.3) is 0 Å². The highest BCUT2D eigenvalue weighted by Gasteiger charge is 2.18. The van der Waals surface area contributed by atoms with Crippen LogP contribution in [0.3, 0.4) is 0 Å². The summed E-state index contributed by atoms with van der Waals surface area (Å²) in [6.07, 6.45) is 0. The third-order valence-electron chi connectivity index (χ3n) is 3.75. The van der Waals surface area contributed by atoms with Crippen molar-refractivity contribution in [2.24, 2.45) is 0 Å². The van der Waals surface area contributed by atoms with E-state index in [1.54, 1.807) is 7.11 Å². The number of hydrogen-bond donors (Lipinski definition) is 0. The van der Waals surface area contributed by atoms with Crippen molar-refractivity contribution in [1.29, 1.82) is 0 Å². The molecule has 2 aromatic heterocycles. The molecule has 0 saturated carbocycles. The molecule has 2 heterocycles. The van der Waals surface area contributed by atoms with Gasteiger partial charge >= 0.3 is 5.63 Å². The average Bonchev–Trinajstić information content (AvgIpc) is 2.99. The summed E-state index contributed by atoms with van der Waals surface area (Å²) in [5.41, 5.74) is 0.580. The number of thiophene rings is 1. The summed E-state index contributed by atoms with van der Waals surface area (Å²) in [5.74, 6) is 1.38. The van der Waals surface area contributed by atoms with Gasteiger partial charge in [-0.3, -0.25) is 0 Å². The standard InChI is InChI=1S/C18H11IO3S/c1-21-11-8-6-10(7-9-11)16-15(19)14-12-4-2-3-5-13(12)23-17(14)18(20)22-16/h2-9H,1H3. The van der Waals surface area contributed by atoms with E-state index >= 15 is 0 Å². The maximum absolute atomic E-state index is 12.4. The molecule has 0 aliphatic rings. The molecule has 4 rings (SSSR count). The zero-order valence-corrected chi connectivity index (χ0v) is 15.1. The maximum atomic E-state index is 12.4. The Hall–Kier alpha value is -1.86. The second-order valence-corrected chi connectivity index (χ2v) is 7.19. The largest absolute Gasteiger partial charge is 0.497 e. The van der Waals surface area contributed by atoms with Crippen LogP contribution < -0.4 is 10.4 Å². The summed E-state index contributed by atoms with van der Waals surface area (Å²) in [4.78, 5) is 12.4. The van der Waals surface area contributed by atoms with Crippen LogP contribution in [0.2, 0.25) is 0 Å². The molecule has 0 bridgehead atoms. The summed E-state index contributed by atoms with van der Waals surface area (Å²) in [7, 11) is 1.63. The van der Waals surface area contributed by atoms with Gasteiger partial charge in [0.1, 0.15) is 10.4 Å². The molecule has 0 aliphatic heterocycles. The van der Waals surface area contributed by atoms with E-state index in [0.717, 1.165) is 30.4 Å². The molecular weight excluding hydrogens is 423 g/mol. The number of halogens is 1. The van der Waals surface area contributed by atoms with E-state index in [4.69, 9.17) is 9.15 Å². The molecule has 23 heavy (non-hydrogen) atoms. The zero-order chi connectivity index (χ0) is 16.0. The van der Waals surface area contributed by atoms with Crippen molar-refractivity contribution in [3.05, 3.63) is 62.5 Å². The van der Waals surface area contributed by atoms with Gasteiger partial charge in [-0.2, -0.15) is 0 Å². The van der Waals surface area contributed by atoms with E-state index in [9.17, 15) is 4.79 Å². The summed E-state index contributed by atoms with van der Waals surface area (Å²) < 4.78 is 13.5. The topological polar surface area (TPSA) is 39.4 Å². The Kier molecular flexibility index (Phi) is 3.61. The van der Waals surface area contributed by atoms with E-state index in [1.165, 1.54) is 11.3 Å². The normalized spacial score (nSPS) is 11.2. The van der Waals surface area contributed by atoms with Gasteiger partial charge in [-0.05, 0) is 52.9 Å². The lowest BCUT2D eigenvalue weighted by molar-refractivity contribution is 0.415. The lowest BCUT2D eigenvalue weighted by atomic mass is 10.1. The third-order valence-corrected chi connectivity index (χ3v) is 5.93. The van der Waals surface area contributed by atoms with E-state index in [2.05, 4.69) is 22.6 Å². The first-order valence-corrected chi connectivity index (χ1v) is 8.87. The second kappa shape index (κ2) is 5.65. The Morgan fingerprint density at radius 3 is 2.57 bits per heavy atom. The summed E-state index contributed by atoms with van der Waals surface area (Å²) >= 11 is 3.75. The van der Waals surface area contributed by atoms with Gasteiger partial charge in [-0.25, -0.2) is 4.79 Å². The van der Waals surface area contributed by atoms with Gasteiger partial charge in [0.2, 0.25) is 0 Å². The molecule has 3 nitrogen and oxygen atoms in total. The van der Waals surface area contributed by atoms with E-state index in [-0.39, 0.29) is 5.63 Å². The van der Waals surface area contributed by atoms with Crippen LogP contribution in [0.25, 0.3) is 31.5 Å². The first-order valence-electron chi connectivity index (χ1n) is 6.97. The van der Waals surface area contributed by atoms with Crippen molar-refractivity contribution in [2.75, 3.05) is 7.11 Å². The van der Waals surface area contributed by atoms with E-state index in [1.807, 2.05) is 48.5 Å². The number of rotatable bonds is 2. The predicted octanol–water partition coefficient (Wildman–Crippen LogP) is 5.29. The van der Waals surface area contributed by atoms with E-state index < -0.39 is 0 Å². The first-order chi connectivity index (χ1) is 11.2. The Balaban J connectivity index is 2.06. The SMILES string of the molecule is COc1ccc(-c2oc(=O)c3sc4ccccc4c3c2I)cc1. The molecule has 0 saturated heterocycles. The molecule has 114 valence electrons. The molecule has 0 N–H and O–H groups in total. The molecule has 0 radical (unpaired) electrons. The number of hydrogen-bond acceptors (Lipinski definition) is 4. The summed E-state index contributed by atoms with van der Waals surface area (Å²) in [6, 6.07) is 15.6. The Morgan fingerprint density at radius 2 is 1.83 bits per heavy atom. The van der Waals surface area contributed by atoms with Crippen LogP contribution in [0.15, 0.2) is 57.7 Å². The highest BCUT2D eigenvalue weighted by molar-refractivity contribution is 14.1. The second-order valence-electron chi connectivity index (χ2n) is 5.06. The van der Waals surface area contributed by atoms with Crippen LogP contribution >= 0.6 is 33.9 Å². The molecule has 0 spiro atoms. The molecule has 2 aromatic carbocycles. The van der Waals surface area contributed by atoms with Gasteiger partial charge in [-0.1, -0.05) is 18.2 Å². The fourth-order valence-corrected chi connectivity index (χ4v) is 4.88. The fraction of sp³-hybridized carbons (Fsp3) is 0.0556. The van der Waals surface area contributed by atoms with Crippen molar-refractivity contribution in [3.63, 3.8) is 0 Å². The van der Waals surface area contributed by atoms with Gasteiger partial charge < -0.3 is 9.15 Å². The Morgan fingerprint density at radius 1 is 1.09 bits per heavy atom. The minimum Gasteiger partial charge on any atom is -0.497 e. The van der Waals surface area contributed by atoms with E-state index in [0.29, 0.717) is 10.5 Å². The molecular formula is C18H11IO3S. The van der Waals surface area contributed by atoms with Gasteiger partial charge in [0, 0.05) is 21.0 Å². The van der Waals surface area contributed by atoms with Crippen LogP contribution in [0.1, 0.15) is 0 Å². The van der Waals surface area contributed by atoms with Gasteiger partial charge in [0.15, 0.2) is 5.76 Å². The molecule has 0 amide bonds. The number of fused-ring (bicyclic) bond motifs is 3. The van der Waals surface area contributed by atoms with Crippen LogP contribution in [-0.2, 0) is 0 Å². The number of methoxy groups -OCH3 is 1. The highest BCUT2D eigenvalue weighted by Crippen LogP contribution is 2.38. The quantitative estimate of drug-likeness (QED) is 0.403. The third kappa shape index (κ3) is 2.35. The van der Waals surface area contributed by atoms with Crippen molar-refractivity contribution < 1.29 is 9.15 Å². The van der Waals surface area contributed by atoms with Crippen LogP contribution in [0, 0.1) is 3.57 Å². The molecule has 0 fully saturated rings. The minimum absolute atomic E-state index is 0.285. The maximum Gasteiger partial charge on any atom is 0.354 e. The summed E-state index contributed by atoms with van der Waals surface area (Å²) in [5, 5.41) is 2.08. The minimum atomic E-state index is -0.285.